The quantitative estimate of drug-likeness (QED) is 0.278. The van der Waals surface area contributed by atoms with Crippen LogP contribution >= 0.6 is 0 Å². The van der Waals surface area contributed by atoms with Crippen LogP contribution < -0.4 is 0 Å². The summed E-state index contributed by atoms with van der Waals surface area (Å²) in [4.78, 5) is 32.9. The smallest absolute Gasteiger partial charge is 0.381 e. The van der Waals surface area contributed by atoms with Crippen LogP contribution in [0.3, 0.4) is 0 Å². The lowest BCUT2D eigenvalue weighted by Gasteiger charge is -2.08. The van der Waals surface area contributed by atoms with Gasteiger partial charge in [-0.1, -0.05) is 12.5 Å². The summed E-state index contributed by atoms with van der Waals surface area (Å²) >= 11 is 0. The molecule has 0 rings (SSSR count). The summed E-state index contributed by atoms with van der Waals surface area (Å²) in [5.41, 5.74) is 0.962. The summed E-state index contributed by atoms with van der Waals surface area (Å²) in [6, 6.07) is -1.45. The number of rotatable bonds is 9. The summed E-state index contributed by atoms with van der Waals surface area (Å²) in [5.74, 6) is -0.946. The molecule has 6 heteroatoms. The van der Waals surface area contributed by atoms with E-state index >= 15 is 0 Å². The van der Waals surface area contributed by atoms with Gasteiger partial charge in [0.05, 0.1) is 0 Å². The van der Waals surface area contributed by atoms with Gasteiger partial charge in [0.25, 0.3) is 0 Å². The first-order valence-corrected chi connectivity index (χ1v) is 6.33. The third kappa shape index (κ3) is 8.07. The second-order valence-electron chi connectivity index (χ2n) is 4.54. The molecule has 0 aliphatic rings. The van der Waals surface area contributed by atoms with E-state index in [-0.39, 0.29) is 25.2 Å². The van der Waals surface area contributed by atoms with Gasteiger partial charge in [-0.3, -0.25) is 14.9 Å². The van der Waals surface area contributed by atoms with Crippen molar-refractivity contribution in [1.29, 1.82) is 0 Å². The Balaban J connectivity index is 4.31. The van der Waals surface area contributed by atoms with Crippen molar-refractivity contribution >= 4 is 11.8 Å². The Morgan fingerprint density at radius 2 is 1.95 bits per heavy atom. The van der Waals surface area contributed by atoms with E-state index in [9.17, 15) is 19.7 Å². The van der Waals surface area contributed by atoms with Gasteiger partial charge >= 0.3 is 12.0 Å². The minimum Gasteiger partial charge on any atom is -0.456 e. The van der Waals surface area contributed by atoms with Gasteiger partial charge in [0.2, 0.25) is 0 Å². The molecule has 1 atom stereocenters. The average molecular weight is 271 g/mol. The lowest BCUT2D eigenvalue weighted by molar-refractivity contribution is -0.511. The maximum Gasteiger partial charge on any atom is 0.381 e. The minimum atomic E-state index is -1.45. The number of hydrogen-bond donors (Lipinski definition) is 0. The predicted molar refractivity (Wildman–Crippen MR) is 70.3 cm³/mol. The van der Waals surface area contributed by atoms with Crippen molar-refractivity contribution in [2.45, 2.75) is 52.5 Å². The van der Waals surface area contributed by atoms with E-state index in [1.807, 2.05) is 20.8 Å². The fraction of sp³-hybridized carbons (Fsp3) is 0.692. The first-order chi connectivity index (χ1) is 8.88. The highest BCUT2D eigenvalue weighted by Crippen LogP contribution is 2.07. The molecule has 0 aliphatic heterocycles. The molecule has 1 unspecified atom stereocenters. The van der Waals surface area contributed by atoms with E-state index in [1.54, 1.807) is 6.08 Å². The Hall–Kier alpha value is -1.72. The molecular weight excluding hydrogens is 250 g/mol. The second kappa shape index (κ2) is 9.24. The van der Waals surface area contributed by atoms with Crippen LogP contribution in [0.15, 0.2) is 11.6 Å². The molecule has 0 aliphatic carbocycles. The van der Waals surface area contributed by atoms with E-state index in [1.165, 1.54) is 0 Å². The Kier molecular flexibility index (Phi) is 8.41. The monoisotopic (exact) mass is 271 g/mol. The van der Waals surface area contributed by atoms with E-state index in [2.05, 4.69) is 0 Å². The zero-order chi connectivity index (χ0) is 14.8. The molecule has 0 aromatic carbocycles. The molecule has 0 heterocycles. The number of carbonyl (C=O) groups excluding carboxylic acids is 2. The zero-order valence-corrected chi connectivity index (χ0v) is 11.7. The van der Waals surface area contributed by atoms with E-state index < -0.39 is 16.9 Å². The van der Waals surface area contributed by atoms with E-state index in [0.717, 1.165) is 5.57 Å². The van der Waals surface area contributed by atoms with Crippen molar-refractivity contribution in [1.82, 2.24) is 0 Å². The van der Waals surface area contributed by atoms with Crippen LogP contribution in [0.25, 0.3) is 0 Å². The molecule has 19 heavy (non-hydrogen) atoms. The van der Waals surface area contributed by atoms with Crippen LogP contribution in [0.4, 0.5) is 0 Å². The maximum absolute atomic E-state index is 11.5. The average Bonchev–Trinajstić information content (AvgIpc) is 2.28. The van der Waals surface area contributed by atoms with Gasteiger partial charge in [0.15, 0.2) is 0 Å². The zero-order valence-electron chi connectivity index (χ0n) is 11.7. The Bertz CT molecular complexity index is 358. The number of nitrogens with zero attached hydrogens (tertiary/aromatic N) is 1. The van der Waals surface area contributed by atoms with Crippen molar-refractivity contribution in [3.63, 3.8) is 0 Å². The Morgan fingerprint density at radius 3 is 2.42 bits per heavy atom. The normalized spacial score (nSPS) is 11.5. The second-order valence-corrected chi connectivity index (χ2v) is 4.54. The third-order valence-electron chi connectivity index (χ3n) is 2.47. The van der Waals surface area contributed by atoms with Crippen LogP contribution in [0.2, 0.25) is 0 Å². The van der Waals surface area contributed by atoms with E-state index in [0.29, 0.717) is 12.8 Å². The van der Waals surface area contributed by atoms with Gasteiger partial charge in [-0.05, 0) is 26.3 Å². The number of ketones is 1. The third-order valence-corrected chi connectivity index (χ3v) is 2.47. The van der Waals surface area contributed by atoms with Gasteiger partial charge in [-0.25, -0.2) is 4.79 Å². The number of hydrogen-bond acceptors (Lipinski definition) is 5. The van der Waals surface area contributed by atoms with Gasteiger partial charge in [0.1, 0.15) is 12.4 Å². The predicted octanol–water partition coefficient (Wildman–Crippen LogP) is 2.29. The molecule has 0 aromatic heterocycles. The first-order valence-electron chi connectivity index (χ1n) is 6.33. The van der Waals surface area contributed by atoms with Crippen LogP contribution in [0.5, 0.6) is 0 Å². The highest BCUT2D eigenvalue weighted by molar-refractivity contribution is 5.80. The fourth-order valence-electron chi connectivity index (χ4n) is 1.40. The summed E-state index contributed by atoms with van der Waals surface area (Å²) in [6.07, 6.45) is 2.69. The molecule has 0 fully saturated rings. The lowest BCUT2D eigenvalue weighted by atomic mass is 10.1. The van der Waals surface area contributed by atoms with Crippen LogP contribution in [-0.2, 0) is 14.3 Å². The summed E-state index contributed by atoms with van der Waals surface area (Å²) in [5, 5.41) is 10.8. The standard InChI is InChI=1S/C13H21NO5/c1-4-5-11(15)6-7-12(14(17)18)13(16)19-9-8-10(2)3/h8,12H,4-7,9H2,1-3H3. The number of Topliss-reactive ketones (excluding diaryl/α,β-unsaturated/α-hetero) is 1. The Labute approximate surface area is 113 Å². The molecule has 0 saturated heterocycles. The fourth-order valence-corrected chi connectivity index (χ4v) is 1.40. The number of nitro groups is 1. The summed E-state index contributed by atoms with van der Waals surface area (Å²) < 4.78 is 4.80. The highest BCUT2D eigenvalue weighted by atomic mass is 16.6. The van der Waals surface area contributed by atoms with Crippen molar-refractivity contribution < 1.29 is 19.2 Å². The molecule has 6 nitrogen and oxygen atoms in total. The summed E-state index contributed by atoms with van der Waals surface area (Å²) in [6.45, 7) is 5.55. The van der Waals surface area contributed by atoms with Gasteiger partial charge < -0.3 is 4.74 Å². The largest absolute Gasteiger partial charge is 0.456 e. The van der Waals surface area contributed by atoms with Crippen LogP contribution in [0, 0.1) is 10.1 Å². The SMILES string of the molecule is CCCC(=O)CCC(C(=O)OCC=C(C)C)[N+](=O)[O-]. The molecule has 0 amide bonds. The Morgan fingerprint density at radius 1 is 1.32 bits per heavy atom. The number of ether oxygens (including phenoxy) is 1. The van der Waals surface area contributed by atoms with Gasteiger partial charge in [0, 0.05) is 24.2 Å². The molecule has 0 radical (unpaired) electrons. The van der Waals surface area contributed by atoms with Crippen LogP contribution in [-0.4, -0.2) is 29.3 Å². The molecule has 108 valence electrons. The van der Waals surface area contributed by atoms with E-state index in [4.69, 9.17) is 4.74 Å². The summed E-state index contributed by atoms with van der Waals surface area (Å²) in [7, 11) is 0. The van der Waals surface area contributed by atoms with Crippen molar-refractivity contribution in [2.75, 3.05) is 6.61 Å². The lowest BCUT2D eigenvalue weighted by Crippen LogP contribution is -2.32. The van der Waals surface area contributed by atoms with Crippen molar-refractivity contribution in [3.05, 3.63) is 21.8 Å². The highest BCUT2D eigenvalue weighted by Gasteiger charge is 2.31. The van der Waals surface area contributed by atoms with Gasteiger partial charge in [-0.2, -0.15) is 0 Å². The topological polar surface area (TPSA) is 86.5 Å². The van der Waals surface area contributed by atoms with Crippen molar-refractivity contribution in [3.8, 4) is 0 Å². The minimum absolute atomic E-state index is 0.0222. The number of allylic oxidation sites excluding steroid dienone is 1. The van der Waals surface area contributed by atoms with Gasteiger partial charge in [-0.15, -0.1) is 0 Å². The number of esters is 1. The van der Waals surface area contributed by atoms with Crippen molar-refractivity contribution in [2.24, 2.45) is 0 Å². The molecule has 0 saturated carbocycles. The number of carbonyl (C=O) groups is 2. The first kappa shape index (κ1) is 17.3. The molecule has 0 aromatic rings. The molecule has 0 N–H and O–H groups in total. The van der Waals surface area contributed by atoms with Crippen LogP contribution in [0.1, 0.15) is 46.5 Å². The molecule has 0 spiro atoms. The maximum atomic E-state index is 11.5. The molecule has 0 bridgehead atoms. The molecular formula is C13H21NO5.